The average molecular weight is 286 g/mol. The van der Waals surface area contributed by atoms with Gasteiger partial charge in [0.25, 0.3) is 0 Å². The monoisotopic (exact) mass is 286 g/mol. The third-order valence-electron chi connectivity index (χ3n) is 3.84. The molecule has 0 bridgehead atoms. The highest BCUT2D eigenvalue weighted by molar-refractivity contribution is 5.47. The van der Waals surface area contributed by atoms with Crippen molar-refractivity contribution in [1.29, 1.82) is 0 Å². The van der Waals surface area contributed by atoms with Gasteiger partial charge in [-0.05, 0) is 24.1 Å². The van der Waals surface area contributed by atoms with Crippen molar-refractivity contribution in [3.63, 3.8) is 0 Å². The molecule has 0 aromatic heterocycles. The van der Waals surface area contributed by atoms with E-state index in [0.717, 1.165) is 31.7 Å². The summed E-state index contributed by atoms with van der Waals surface area (Å²) < 4.78 is 13.3. The van der Waals surface area contributed by atoms with Crippen LogP contribution < -0.4 is 5.32 Å². The molecule has 1 unspecified atom stereocenters. The Hall–Kier alpha value is -2.07. The van der Waals surface area contributed by atoms with Gasteiger partial charge in [0.1, 0.15) is 0 Å². The van der Waals surface area contributed by atoms with Crippen LogP contribution >= 0.6 is 0 Å². The summed E-state index contributed by atoms with van der Waals surface area (Å²) in [7, 11) is 0. The molecular weight excluding hydrogens is 267 g/mol. The van der Waals surface area contributed by atoms with Crippen LogP contribution in [0.4, 0.5) is 10.1 Å². The minimum atomic E-state index is -0.584. The summed E-state index contributed by atoms with van der Waals surface area (Å²) in [5.41, 5.74) is 2.03. The molecule has 0 radical (unpaired) electrons. The van der Waals surface area contributed by atoms with Gasteiger partial charge in [-0.2, -0.15) is 0 Å². The lowest BCUT2D eigenvalue weighted by Crippen LogP contribution is -2.25. The largest absolute Gasteiger partial charge is 0.505 e. The number of nitrogens with zero attached hydrogens (tertiary/aromatic N) is 1. The quantitative estimate of drug-likeness (QED) is 0.847. The summed E-state index contributed by atoms with van der Waals surface area (Å²) in [4.78, 5) is 2.39. The molecule has 0 aliphatic carbocycles. The fraction of sp³-hybridized carbons (Fsp3) is 0.294. The van der Waals surface area contributed by atoms with Crippen LogP contribution in [0.2, 0.25) is 0 Å². The predicted molar refractivity (Wildman–Crippen MR) is 81.8 cm³/mol. The van der Waals surface area contributed by atoms with Crippen molar-refractivity contribution in [3.8, 4) is 5.75 Å². The Balaban J connectivity index is 1.56. The maximum absolute atomic E-state index is 13.3. The van der Waals surface area contributed by atoms with Gasteiger partial charge in [0.15, 0.2) is 11.6 Å². The number of phenols is 1. The van der Waals surface area contributed by atoms with E-state index >= 15 is 0 Å². The zero-order valence-electron chi connectivity index (χ0n) is 11.8. The lowest BCUT2D eigenvalue weighted by molar-refractivity contribution is 0.328. The summed E-state index contributed by atoms with van der Waals surface area (Å²) >= 11 is 0. The van der Waals surface area contributed by atoms with Crippen LogP contribution in [-0.2, 0) is 6.54 Å². The summed E-state index contributed by atoms with van der Waals surface area (Å²) in [6, 6.07) is 15.2. The second-order valence-corrected chi connectivity index (χ2v) is 5.52. The Morgan fingerprint density at radius 2 is 2.00 bits per heavy atom. The second kappa shape index (κ2) is 6.14. The van der Waals surface area contributed by atoms with Crippen molar-refractivity contribution < 1.29 is 9.50 Å². The van der Waals surface area contributed by atoms with E-state index < -0.39 is 5.82 Å². The van der Waals surface area contributed by atoms with Crippen molar-refractivity contribution in [2.45, 2.75) is 19.0 Å². The molecule has 2 N–H and O–H groups in total. The number of likely N-dealkylation sites (tertiary alicyclic amines) is 1. The number of rotatable bonds is 4. The van der Waals surface area contributed by atoms with Crippen LogP contribution in [0.3, 0.4) is 0 Å². The Morgan fingerprint density at radius 1 is 1.19 bits per heavy atom. The Morgan fingerprint density at radius 3 is 2.76 bits per heavy atom. The predicted octanol–water partition coefficient (Wildman–Crippen LogP) is 3.22. The fourth-order valence-electron chi connectivity index (χ4n) is 2.77. The van der Waals surface area contributed by atoms with E-state index in [2.05, 4.69) is 34.5 Å². The van der Waals surface area contributed by atoms with Gasteiger partial charge in [-0.3, -0.25) is 4.90 Å². The lowest BCUT2D eigenvalue weighted by atomic mass is 10.2. The van der Waals surface area contributed by atoms with Crippen LogP contribution in [-0.4, -0.2) is 29.1 Å². The number of halogens is 1. The van der Waals surface area contributed by atoms with E-state index in [-0.39, 0.29) is 5.75 Å². The Kier molecular flexibility index (Phi) is 4.06. The first-order valence-electron chi connectivity index (χ1n) is 7.22. The van der Waals surface area contributed by atoms with Crippen molar-refractivity contribution in [1.82, 2.24) is 4.90 Å². The molecule has 0 amide bonds. The third-order valence-corrected chi connectivity index (χ3v) is 3.84. The van der Waals surface area contributed by atoms with E-state index in [0.29, 0.717) is 6.04 Å². The minimum absolute atomic E-state index is 0.308. The number of nitrogens with one attached hydrogen (secondary N) is 1. The van der Waals surface area contributed by atoms with Crippen molar-refractivity contribution in [2.75, 3.05) is 18.4 Å². The fourth-order valence-corrected chi connectivity index (χ4v) is 2.77. The molecule has 1 heterocycles. The van der Waals surface area contributed by atoms with Gasteiger partial charge in [-0.25, -0.2) is 4.39 Å². The number of hydrogen-bond donors (Lipinski definition) is 2. The van der Waals surface area contributed by atoms with Crippen LogP contribution in [0.15, 0.2) is 48.5 Å². The summed E-state index contributed by atoms with van der Waals surface area (Å²) in [5, 5.41) is 12.5. The summed E-state index contributed by atoms with van der Waals surface area (Å²) in [5.74, 6) is -0.892. The maximum Gasteiger partial charge on any atom is 0.166 e. The van der Waals surface area contributed by atoms with Gasteiger partial charge >= 0.3 is 0 Å². The number of anilines is 1. The molecule has 1 aliphatic rings. The van der Waals surface area contributed by atoms with E-state index in [1.807, 2.05) is 6.07 Å². The zero-order valence-corrected chi connectivity index (χ0v) is 11.8. The molecule has 1 aliphatic heterocycles. The molecule has 3 nitrogen and oxygen atoms in total. The topological polar surface area (TPSA) is 35.5 Å². The number of benzene rings is 2. The van der Waals surface area contributed by atoms with Crippen molar-refractivity contribution in [2.24, 2.45) is 0 Å². The molecule has 2 aromatic carbocycles. The SMILES string of the molecule is Oc1ccc(NC2CCN(Cc3ccccc3)C2)cc1F. The normalized spacial score (nSPS) is 18.8. The van der Waals surface area contributed by atoms with Crippen molar-refractivity contribution in [3.05, 3.63) is 59.9 Å². The highest BCUT2D eigenvalue weighted by atomic mass is 19.1. The molecule has 0 spiro atoms. The van der Waals surface area contributed by atoms with E-state index in [1.54, 1.807) is 6.07 Å². The summed E-state index contributed by atoms with van der Waals surface area (Å²) in [6.07, 6.45) is 1.04. The first-order valence-corrected chi connectivity index (χ1v) is 7.22. The molecule has 1 fully saturated rings. The minimum Gasteiger partial charge on any atom is -0.505 e. The third kappa shape index (κ3) is 3.52. The average Bonchev–Trinajstić information content (AvgIpc) is 2.91. The second-order valence-electron chi connectivity index (χ2n) is 5.52. The van der Waals surface area contributed by atoms with E-state index in [1.165, 1.54) is 17.7 Å². The standard InChI is InChI=1S/C17H19FN2O/c18-16-10-14(6-7-17(16)21)19-15-8-9-20(12-15)11-13-4-2-1-3-5-13/h1-7,10,15,19,21H,8-9,11-12H2. The molecule has 0 saturated carbocycles. The van der Waals surface area contributed by atoms with Crippen LogP contribution in [0.5, 0.6) is 5.75 Å². The maximum atomic E-state index is 13.3. The van der Waals surface area contributed by atoms with Gasteiger partial charge in [0, 0.05) is 37.4 Å². The zero-order chi connectivity index (χ0) is 14.7. The molecule has 4 heteroatoms. The van der Waals surface area contributed by atoms with Crippen LogP contribution in [0.25, 0.3) is 0 Å². The highest BCUT2D eigenvalue weighted by Crippen LogP contribution is 2.22. The van der Waals surface area contributed by atoms with Gasteiger partial charge < -0.3 is 10.4 Å². The van der Waals surface area contributed by atoms with Crippen LogP contribution in [0.1, 0.15) is 12.0 Å². The van der Waals surface area contributed by atoms with Gasteiger partial charge in [-0.15, -0.1) is 0 Å². The highest BCUT2D eigenvalue weighted by Gasteiger charge is 2.22. The van der Waals surface area contributed by atoms with Crippen LogP contribution in [0, 0.1) is 5.82 Å². The molecule has 3 rings (SSSR count). The van der Waals surface area contributed by atoms with Gasteiger partial charge in [0.2, 0.25) is 0 Å². The number of hydrogen-bond acceptors (Lipinski definition) is 3. The van der Waals surface area contributed by atoms with Gasteiger partial charge in [0.05, 0.1) is 0 Å². The molecule has 1 atom stereocenters. The number of aromatic hydroxyl groups is 1. The number of phenolic OH excluding ortho intramolecular Hbond substituents is 1. The molecule has 110 valence electrons. The van der Waals surface area contributed by atoms with Crippen molar-refractivity contribution >= 4 is 5.69 Å². The first-order chi connectivity index (χ1) is 10.2. The van der Waals surface area contributed by atoms with Gasteiger partial charge in [-0.1, -0.05) is 30.3 Å². The van der Waals surface area contributed by atoms with E-state index in [4.69, 9.17) is 0 Å². The summed E-state index contributed by atoms with van der Waals surface area (Å²) in [6.45, 7) is 2.92. The van der Waals surface area contributed by atoms with E-state index in [9.17, 15) is 9.50 Å². The Bertz CT molecular complexity index is 603. The molecule has 2 aromatic rings. The Labute approximate surface area is 124 Å². The smallest absolute Gasteiger partial charge is 0.166 e. The first kappa shape index (κ1) is 13.9. The molecule has 1 saturated heterocycles. The molecule has 21 heavy (non-hydrogen) atoms. The molecular formula is C17H19FN2O. The lowest BCUT2D eigenvalue weighted by Gasteiger charge is -2.17.